The van der Waals surface area contributed by atoms with E-state index in [0.717, 1.165) is 17.2 Å². The smallest absolute Gasteiger partial charge is 0.325 e. The number of ether oxygens (including phenoxy) is 1. The molecular formula is C11H13FN2O3. The molecule has 6 heteroatoms. The van der Waals surface area contributed by atoms with Gasteiger partial charge in [-0.05, 0) is 19.1 Å². The molecule has 0 aromatic carbocycles. The molecular weight excluding hydrogens is 227 g/mol. The molecule has 0 aliphatic rings. The van der Waals surface area contributed by atoms with Crippen molar-refractivity contribution in [3.05, 3.63) is 29.8 Å². The molecule has 1 rings (SSSR count). The van der Waals surface area contributed by atoms with Crippen molar-refractivity contribution in [2.24, 2.45) is 0 Å². The standard InChI is InChI=1S/C11H13FN2O3/c1-3-17-10(15)7-14(2)11(16)9-5-4-8(12)6-13-9/h4-6H,3,7H2,1-2H3. The van der Waals surface area contributed by atoms with E-state index in [1.807, 2.05) is 0 Å². The summed E-state index contributed by atoms with van der Waals surface area (Å²) in [6.07, 6.45) is 0.950. The van der Waals surface area contributed by atoms with Gasteiger partial charge in [-0.2, -0.15) is 0 Å². The van der Waals surface area contributed by atoms with Gasteiger partial charge in [-0.1, -0.05) is 0 Å². The Hall–Kier alpha value is -1.98. The van der Waals surface area contributed by atoms with Crippen LogP contribution in [0.25, 0.3) is 0 Å². The Morgan fingerprint density at radius 3 is 2.71 bits per heavy atom. The van der Waals surface area contributed by atoms with E-state index < -0.39 is 17.7 Å². The Kier molecular flexibility index (Phi) is 4.56. The van der Waals surface area contributed by atoms with Gasteiger partial charge in [-0.15, -0.1) is 0 Å². The van der Waals surface area contributed by atoms with Gasteiger partial charge in [0.25, 0.3) is 5.91 Å². The summed E-state index contributed by atoms with van der Waals surface area (Å²) in [5.41, 5.74) is 0.0817. The minimum absolute atomic E-state index is 0.0817. The topological polar surface area (TPSA) is 59.5 Å². The van der Waals surface area contributed by atoms with Crippen LogP contribution in [0.4, 0.5) is 4.39 Å². The van der Waals surface area contributed by atoms with E-state index in [1.165, 1.54) is 13.1 Å². The number of pyridine rings is 1. The van der Waals surface area contributed by atoms with E-state index in [2.05, 4.69) is 4.98 Å². The maximum Gasteiger partial charge on any atom is 0.325 e. The van der Waals surface area contributed by atoms with Crippen LogP contribution < -0.4 is 0 Å². The minimum atomic E-state index is -0.519. The number of esters is 1. The number of carbonyl (C=O) groups excluding carboxylic acids is 2. The second-order valence-electron chi connectivity index (χ2n) is 3.33. The van der Waals surface area contributed by atoms with Gasteiger partial charge in [-0.3, -0.25) is 9.59 Å². The molecule has 0 saturated heterocycles. The quantitative estimate of drug-likeness (QED) is 0.732. The van der Waals surface area contributed by atoms with Crippen molar-refractivity contribution in [2.75, 3.05) is 20.2 Å². The number of likely N-dealkylation sites (N-methyl/N-ethyl adjacent to an activating group) is 1. The highest BCUT2D eigenvalue weighted by Gasteiger charge is 2.16. The van der Waals surface area contributed by atoms with Crippen LogP contribution in [0.3, 0.4) is 0 Å². The molecule has 0 aliphatic carbocycles. The van der Waals surface area contributed by atoms with E-state index in [-0.39, 0.29) is 18.8 Å². The number of amides is 1. The van der Waals surface area contributed by atoms with Crippen molar-refractivity contribution in [1.29, 1.82) is 0 Å². The summed E-state index contributed by atoms with van der Waals surface area (Å²) in [5.74, 6) is -1.47. The molecule has 1 aromatic rings. The summed E-state index contributed by atoms with van der Waals surface area (Å²) < 4.78 is 17.3. The van der Waals surface area contributed by atoms with Crippen molar-refractivity contribution >= 4 is 11.9 Å². The van der Waals surface area contributed by atoms with Crippen LogP contribution in [0.15, 0.2) is 18.3 Å². The number of carbonyl (C=O) groups is 2. The lowest BCUT2D eigenvalue weighted by Gasteiger charge is -2.15. The fourth-order valence-corrected chi connectivity index (χ4v) is 1.17. The van der Waals surface area contributed by atoms with Crippen molar-refractivity contribution in [1.82, 2.24) is 9.88 Å². The first-order chi connectivity index (χ1) is 8.04. The highest BCUT2D eigenvalue weighted by molar-refractivity contribution is 5.94. The van der Waals surface area contributed by atoms with Gasteiger partial charge in [0.1, 0.15) is 18.1 Å². The Morgan fingerprint density at radius 2 is 2.18 bits per heavy atom. The van der Waals surface area contributed by atoms with Crippen molar-refractivity contribution in [3.8, 4) is 0 Å². The zero-order valence-corrected chi connectivity index (χ0v) is 9.64. The van der Waals surface area contributed by atoms with E-state index in [0.29, 0.717) is 0 Å². The highest BCUT2D eigenvalue weighted by Crippen LogP contribution is 2.02. The summed E-state index contributed by atoms with van der Waals surface area (Å²) in [6, 6.07) is 2.40. The molecule has 0 fully saturated rings. The van der Waals surface area contributed by atoms with E-state index >= 15 is 0 Å². The van der Waals surface area contributed by atoms with Crippen molar-refractivity contribution in [2.45, 2.75) is 6.92 Å². The second kappa shape index (κ2) is 5.93. The van der Waals surface area contributed by atoms with Crippen LogP contribution >= 0.6 is 0 Å². The van der Waals surface area contributed by atoms with Crippen molar-refractivity contribution in [3.63, 3.8) is 0 Å². The Labute approximate surface area is 98.2 Å². The van der Waals surface area contributed by atoms with Gasteiger partial charge >= 0.3 is 5.97 Å². The second-order valence-corrected chi connectivity index (χ2v) is 3.33. The molecule has 0 N–H and O–H groups in total. The highest BCUT2D eigenvalue weighted by atomic mass is 19.1. The van der Waals surface area contributed by atoms with Gasteiger partial charge in [0.05, 0.1) is 12.8 Å². The minimum Gasteiger partial charge on any atom is -0.465 e. The fraction of sp³-hybridized carbons (Fsp3) is 0.364. The Morgan fingerprint density at radius 1 is 1.47 bits per heavy atom. The Bertz CT molecular complexity index is 406. The van der Waals surface area contributed by atoms with Gasteiger partial charge in [0.15, 0.2) is 0 Å². The first-order valence-corrected chi connectivity index (χ1v) is 5.07. The number of rotatable bonds is 4. The lowest BCUT2D eigenvalue weighted by atomic mass is 10.3. The van der Waals surface area contributed by atoms with E-state index in [9.17, 15) is 14.0 Å². The summed E-state index contributed by atoms with van der Waals surface area (Å²) >= 11 is 0. The average molecular weight is 240 g/mol. The molecule has 1 heterocycles. The van der Waals surface area contributed by atoms with E-state index in [4.69, 9.17) is 4.74 Å². The molecule has 0 atom stereocenters. The summed E-state index contributed by atoms with van der Waals surface area (Å²) in [7, 11) is 1.45. The monoisotopic (exact) mass is 240 g/mol. The first-order valence-electron chi connectivity index (χ1n) is 5.07. The van der Waals surface area contributed by atoms with Crippen LogP contribution in [0.5, 0.6) is 0 Å². The van der Waals surface area contributed by atoms with Crippen LogP contribution in [0.1, 0.15) is 17.4 Å². The largest absolute Gasteiger partial charge is 0.465 e. The molecule has 92 valence electrons. The van der Waals surface area contributed by atoms with Crippen molar-refractivity contribution < 1.29 is 18.7 Å². The zero-order chi connectivity index (χ0) is 12.8. The van der Waals surface area contributed by atoms with Crippen LogP contribution in [0.2, 0.25) is 0 Å². The predicted octanol–water partition coefficient (Wildman–Crippen LogP) is 0.856. The predicted molar refractivity (Wildman–Crippen MR) is 57.8 cm³/mol. The molecule has 17 heavy (non-hydrogen) atoms. The van der Waals surface area contributed by atoms with Crippen LogP contribution in [0, 0.1) is 5.82 Å². The molecule has 0 bridgehead atoms. The maximum atomic E-state index is 12.6. The molecule has 1 aromatic heterocycles. The molecule has 1 amide bonds. The SMILES string of the molecule is CCOC(=O)CN(C)C(=O)c1ccc(F)cn1. The number of halogens is 1. The summed E-state index contributed by atoms with van der Waals surface area (Å²) in [6.45, 7) is 1.78. The molecule has 0 saturated carbocycles. The number of nitrogens with zero attached hydrogens (tertiary/aromatic N) is 2. The van der Waals surface area contributed by atoms with Crippen LogP contribution in [-0.4, -0.2) is 42.0 Å². The third kappa shape index (κ3) is 3.82. The fourth-order valence-electron chi connectivity index (χ4n) is 1.17. The maximum absolute atomic E-state index is 12.6. The lowest BCUT2D eigenvalue weighted by molar-refractivity contribution is -0.143. The molecule has 0 radical (unpaired) electrons. The summed E-state index contributed by atoms with van der Waals surface area (Å²) in [5, 5.41) is 0. The number of hydrogen-bond acceptors (Lipinski definition) is 4. The molecule has 0 aliphatic heterocycles. The van der Waals surface area contributed by atoms with Crippen LogP contribution in [-0.2, 0) is 9.53 Å². The third-order valence-electron chi connectivity index (χ3n) is 1.96. The van der Waals surface area contributed by atoms with Gasteiger partial charge in [0, 0.05) is 7.05 Å². The first kappa shape index (κ1) is 13.1. The van der Waals surface area contributed by atoms with Gasteiger partial charge in [-0.25, -0.2) is 9.37 Å². The normalized spacial score (nSPS) is 9.82. The van der Waals surface area contributed by atoms with E-state index in [1.54, 1.807) is 6.92 Å². The average Bonchev–Trinajstić information content (AvgIpc) is 2.29. The molecule has 5 nitrogen and oxygen atoms in total. The third-order valence-corrected chi connectivity index (χ3v) is 1.96. The lowest BCUT2D eigenvalue weighted by Crippen LogP contribution is -2.33. The Balaban J connectivity index is 2.63. The summed E-state index contributed by atoms with van der Waals surface area (Å²) in [4.78, 5) is 27.7. The number of hydrogen-bond donors (Lipinski definition) is 0. The molecule has 0 unspecified atom stereocenters. The van der Waals surface area contributed by atoms with Gasteiger partial charge in [0.2, 0.25) is 0 Å². The molecule has 0 spiro atoms. The number of aromatic nitrogens is 1. The zero-order valence-electron chi connectivity index (χ0n) is 9.64. The van der Waals surface area contributed by atoms with Gasteiger partial charge < -0.3 is 9.64 Å².